The highest BCUT2D eigenvalue weighted by Crippen LogP contribution is 2.60. The average Bonchev–Trinajstić information content (AvgIpc) is 3.68. The maximum atomic E-state index is 11.4. The van der Waals surface area contributed by atoms with Gasteiger partial charge in [-0.2, -0.15) is 5.26 Å². The van der Waals surface area contributed by atoms with E-state index in [-0.39, 0.29) is 5.78 Å². The minimum Gasteiger partial charge on any atom is -0.295 e. The second kappa shape index (κ2) is 9.53. The molecule has 2 atom stereocenters. The van der Waals surface area contributed by atoms with Crippen LogP contribution in [-0.4, -0.2) is 5.78 Å². The van der Waals surface area contributed by atoms with Gasteiger partial charge in [0.2, 0.25) is 0 Å². The molecular weight excluding hydrogens is 450 g/mol. The van der Waals surface area contributed by atoms with Gasteiger partial charge < -0.3 is 0 Å². The second-order valence-corrected chi connectivity index (χ2v) is 9.69. The first-order chi connectivity index (χ1) is 17.0. The highest BCUT2D eigenvalue weighted by molar-refractivity contribution is 6.30. The first kappa shape index (κ1) is 23.1. The van der Waals surface area contributed by atoms with Gasteiger partial charge in [-0.15, -0.1) is 0 Å². The molecule has 0 spiro atoms. The Morgan fingerprint density at radius 1 is 1.09 bits per heavy atom. The summed E-state index contributed by atoms with van der Waals surface area (Å²) in [4.78, 5) is 11.4. The van der Waals surface area contributed by atoms with Crippen LogP contribution < -0.4 is 0 Å². The minimum atomic E-state index is 0.0282. The molecule has 0 aliphatic heterocycles. The fourth-order valence-electron chi connectivity index (χ4n) is 5.26. The van der Waals surface area contributed by atoms with Gasteiger partial charge >= 0.3 is 0 Å². The number of fused-ring (bicyclic) bond motifs is 3. The van der Waals surface area contributed by atoms with Gasteiger partial charge in [0.25, 0.3) is 0 Å². The third-order valence-corrected chi connectivity index (χ3v) is 7.21. The number of nitriles is 1. The van der Waals surface area contributed by atoms with Crippen molar-refractivity contribution in [2.75, 3.05) is 0 Å². The van der Waals surface area contributed by atoms with Crippen LogP contribution in [0.2, 0.25) is 5.02 Å². The van der Waals surface area contributed by atoms with Crippen molar-refractivity contribution in [1.29, 1.82) is 5.26 Å². The number of rotatable bonds is 6. The van der Waals surface area contributed by atoms with E-state index in [1.165, 1.54) is 22.3 Å². The zero-order valence-electron chi connectivity index (χ0n) is 19.9. The topological polar surface area (TPSA) is 40.9 Å². The molecule has 0 radical (unpaired) electrons. The monoisotopic (exact) mass is 475 g/mol. The maximum Gasteiger partial charge on any atom is 0.152 e. The summed E-state index contributed by atoms with van der Waals surface area (Å²) in [5, 5.41) is 10.5. The first-order valence-corrected chi connectivity index (χ1v) is 12.4. The Morgan fingerprint density at radius 2 is 1.86 bits per heavy atom. The smallest absolute Gasteiger partial charge is 0.152 e. The molecule has 2 aliphatic carbocycles. The quantitative estimate of drug-likeness (QED) is 0.265. The lowest BCUT2D eigenvalue weighted by Crippen LogP contribution is -2.04. The van der Waals surface area contributed by atoms with Crippen molar-refractivity contribution in [2.24, 2.45) is 5.92 Å². The molecule has 0 N–H and O–H groups in total. The summed E-state index contributed by atoms with van der Waals surface area (Å²) in [6, 6.07) is 25.0. The number of ketones is 1. The summed E-state index contributed by atoms with van der Waals surface area (Å²) < 4.78 is 0. The molecule has 35 heavy (non-hydrogen) atoms. The van der Waals surface area contributed by atoms with E-state index in [2.05, 4.69) is 67.6 Å². The lowest BCUT2D eigenvalue weighted by Gasteiger charge is -2.23. The summed E-state index contributed by atoms with van der Waals surface area (Å²) in [6.07, 6.45) is 7.71. The van der Waals surface area contributed by atoms with Crippen LogP contribution >= 0.6 is 11.6 Å². The Morgan fingerprint density at radius 3 is 2.57 bits per heavy atom. The summed E-state index contributed by atoms with van der Waals surface area (Å²) in [5.41, 5.74) is 10.1. The lowest BCUT2D eigenvalue weighted by atomic mass is 9.81. The molecule has 0 aromatic heterocycles. The van der Waals surface area contributed by atoms with Gasteiger partial charge in [0, 0.05) is 5.02 Å². The van der Waals surface area contributed by atoms with Crippen LogP contribution in [-0.2, 0) is 4.79 Å². The number of halogens is 1. The molecule has 3 heteroatoms. The molecule has 1 fully saturated rings. The third-order valence-electron chi connectivity index (χ3n) is 6.98. The molecular formula is C32H26ClNO. The molecule has 3 aromatic carbocycles. The Hall–Kier alpha value is -3.67. The Kier molecular flexibility index (Phi) is 6.29. The average molecular weight is 476 g/mol. The van der Waals surface area contributed by atoms with E-state index in [0.717, 1.165) is 35.1 Å². The summed E-state index contributed by atoms with van der Waals surface area (Å²) in [5.74, 6) is 1.06. The highest BCUT2D eigenvalue weighted by atomic mass is 35.5. The van der Waals surface area contributed by atoms with Gasteiger partial charge in [-0.1, -0.05) is 85.3 Å². The van der Waals surface area contributed by atoms with Crippen LogP contribution in [0.15, 0.2) is 78.4 Å². The molecule has 2 unspecified atom stereocenters. The summed E-state index contributed by atoms with van der Waals surface area (Å²) in [7, 11) is 0. The standard InChI is InChI=1S/C32H26ClNO/c1-3-26(28-15-14-25(33)16-24(28)19-34)32(22-12-10-21(11-13-22)9-8-20(2)35)31-17-23-6-4-5-7-27(23)29-18-30(29)31/h4-17,29-30H,3,18H2,1-2H3/b9-8+,32-26+. The van der Waals surface area contributed by atoms with E-state index in [9.17, 15) is 10.1 Å². The molecule has 1 saturated carbocycles. The molecule has 3 aromatic rings. The van der Waals surface area contributed by atoms with Crippen molar-refractivity contribution in [3.05, 3.63) is 117 Å². The highest BCUT2D eigenvalue weighted by Gasteiger charge is 2.45. The zero-order valence-corrected chi connectivity index (χ0v) is 20.6. The van der Waals surface area contributed by atoms with Gasteiger partial charge in [0.1, 0.15) is 0 Å². The third kappa shape index (κ3) is 4.53. The lowest BCUT2D eigenvalue weighted by molar-refractivity contribution is -0.112. The van der Waals surface area contributed by atoms with E-state index in [1.54, 1.807) is 19.1 Å². The second-order valence-electron chi connectivity index (χ2n) is 9.25. The van der Waals surface area contributed by atoms with Gasteiger partial charge in [0.15, 0.2) is 5.78 Å². The number of allylic oxidation sites excluding steroid dienone is 4. The van der Waals surface area contributed by atoms with Gasteiger partial charge in [-0.25, -0.2) is 0 Å². The SMILES string of the molecule is CC/C(=C(\C1=Cc2ccccc2C2CC12)c1ccc(/C=C/C(C)=O)cc1)c1ccc(Cl)cc1C#N. The number of nitrogens with zero attached hydrogens (tertiary/aromatic N) is 1. The van der Waals surface area contributed by atoms with Crippen molar-refractivity contribution >= 4 is 40.7 Å². The number of hydrogen-bond acceptors (Lipinski definition) is 2. The van der Waals surface area contributed by atoms with Crippen LogP contribution in [0.5, 0.6) is 0 Å². The Bertz CT molecular complexity index is 1450. The van der Waals surface area contributed by atoms with Crippen molar-refractivity contribution in [1.82, 2.24) is 0 Å². The summed E-state index contributed by atoms with van der Waals surface area (Å²) >= 11 is 6.24. The van der Waals surface area contributed by atoms with E-state index < -0.39 is 0 Å². The van der Waals surface area contributed by atoms with Crippen molar-refractivity contribution < 1.29 is 4.79 Å². The predicted molar refractivity (Wildman–Crippen MR) is 145 cm³/mol. The van der Waals surface area contributed by atoms with Crippen molar-refractivity contribution in [3.63, 3.8) is 0 Å². The zero-order chi connectivity index (χ0) is 24.5. The molecule has 172 valence electrons. The van der Waals surface area contributed by atoms with E-state index in [4.69, 9.17) is 11.6 Å². The number of hydrogen-bond donors (Lipinski definition) is 0. The van der Waals surface area contributed by atoms with Gasteiger partial charge in [-0.3, -0.25) is 4.79 Å². The number of carbonyl (C=O) groups excluding carboxylic acids is 1. The van der Waals surface area contributed by atoms with Gasteiger partial charge in [0.05, 0.1) is 11.6 Å². The largest absolute Gasteiger partial charge is 0.295 e. The molecule has 2 aliphatic rings. The van der Waals surface area contributed by atoms with E-state index in [0.29, 0.717) is 22.4 Å². The molecule has 0 heterocycles. The predicted octanol–water partition coefficient (Wildman–Crippen LogP) is 8.34. The minimum absolute atomic E-state index is 0.0282. The maximum absolute atomic E-state index is 11.4. The van der Waals surface area contributed by atoms with Crippen LogP contribution in [0.1, 0.15) is 66.0 Å². The van der Waals surface area contributed by atoms with Gasteiger partial charge in [-0.05, 0) is 94.3 Å². The van der Waals surface area contributed by atoms with Crippen LogP contribution in [0.3, 0.4) is 0 Å². The fourth-order valence-corrected chi connectivity index (χ4v) is 5.43. The number of benzene rings is 3. The Labute approximate surface area is 211 Å². The Balaban J connectivity index is 1.73. The van der Waals surface area contributed by atoms with Crippen molar-refractivity contribution in [3.8, 4) is 6.07 Å². The molecule has 0 bridgehead atoms. The van der Waals surface area contributed by atoms with Crippen LogP contribution in [0.25, 0.3) is 23.3 Å². The number of carbonyl (C=O) groups is 1. The molecule has 0 saturated heterocycles. The van der Waals surface area contributed by atoms with Crippen LogP contribution in [0, 0.1) is 17.2 Å². The van der Waals surface area contributed by atoms with Crippen molar-refractivity contribution in [2.45, 2.75) is 32.6 Å². The normalized spacial score (nSPS) is 18.7. The summed E-state index contributed by atoms with van der Waals surface area (Å²) in [6.45, 7) is 3.70. The molecule has 0 amide bonds. The van der Waals surface area contributed by atoms with Crippen LogP contribution in [0.4, 0.5) is 0 Å². The van der Waals surface area contributed by atoms with E-state index >= 15 is 0 Å². The fraction of sp³-hybridized carbons (Fsp3) is 0.188. The molecule has 2 nitrogen and oxygen atoms in total. The molecule has 5 rings (SSSR count). The first-order valence-electron chi connectivity index (χ1n) is 12.0. The van der Waals surface area contributed by atoms with E-state index in [1.807, 2.05) is 18.2 Å².